The highest BCUT2D eigenvalue weighted by atomic mass is 16.5. The summed E-state index contributed by atoms with van der Waals surface area (Å²) >= 11 is 0. The van der Waals surface area contributed by atoms with Crippen molar-refractivity contribution >= 4 is 11.8 Å². The molecule has 0 bridgehead atoms. The van der Waals surface area contributed by atoms with Crippen molar-refractivity contribution in [2.75, 3.05) is 19.7 Å². The summed E-state index contributed by atoms with van der Waals surface area (Å²) in [6.07, 6.45) is 9.76. The van der Waals surface area contributed by atoms with Crippen molar-refractivity contribution in [1.82, 2.24) is 10.2 Å². The van der Waals surface area contributed by atoms with E-state index in [4.69, 9.17) is 9.47 Å². The van der Waals surface area contributed by atoms with Crippen LogP contribution in [0.4, 0.5) is 0 Å². The summed E-state index contributed by atoms with van der Waals surface area (Å²) in [7, 11) is 0. The molecule has 5 rings (SSSR count). The van der Waals surface area contributed by atoms with Gasteiger partial charge in [0.05, 0.1) is 24.8 Å². The summed E-state index contributed by atoms with van der Waals surface area (Å²) in [5.41, 5.74) is 0. The predicted molar refractivity (Wildman–Crippen MR) is 129 cm³/mol. The second-order valence-electron chi connectivity index (χ2n) is 11.9. The molecule has 192 valence electrons. The van der Waals surface area contributed by atoms with Gasteiger partial charge in [0.2, 0.25) is 11.8 Å². The Morgan fingerprint density at radius 3 is 2.74 bits per heavy atom. The van der Waals surface area contributed by atoms with Gasteiger partial charge >= 0.3 is 0 Å². The Labute approximate surface area is 205 Å². The molecule has 5 fully saturated rings. The second-order valence-corrected chi connectivity index (χ2v) is 11.9. The molecule has 3 heterocycles. The lowest BCUT2D eigenvalue weighted by atomic mass is 9.66. The number of nitrogens with two attached hydrogens (primary N) is 1. The maximum absolute atomic E-state index is 13.7. The zero-order valence-electron chi connectivity index (χ0n) is 21.4. The highest BCUT2D eigenvalue weighted by molar-refractivity contribution is 5.82. The van der Waals surface area contributed by atoms with Gasteiger partial charge in [-0.2, -0.15) is 0 Å². The topological polar surface area (TPSA) is 84.5 Å². The molecule has 0 aromatic rings. The van der Waals surface area contributed by atoms with E-state index in [0.717, 1.165) is 32.1 Å². The van der Waals surface area contributed by atoms with Crippen molar-refractivity contribution < 1.29 is 24.4 Å². The molecule has 34 heavy (non-hydrogen) atoms. The summed E-state index contributed by atoms with van der Waals surface area (Å²) in [6, 6.07) is 1.43. The predicted octanol–water partition coefficient (Wildman–Crippen LogP) is 1.84. The molecule has 2 amide bonds. The summed E-state index contributed by atoms with van der Waals surface area (Å²) in [5.74, 6) is 2.46. The van der Waals surface area contributed by atoms with Gasteiger partial charge in [0.25, 0.3) is 0 Å². The molecule has 3 N–H and O–H groups in total. The Morgan fingerprint density at radius 1 is 1.09 bits per heavy atom. The fraction of sp³-hybridized carbons (Fsp3) is 0.926. The van der Waals surface area contributed by atoms with Crippen molar-refractivity contribution in [2.24, 2.45) is 23.7 Å². The molecule has 5 aliphatic rings. The number of carbonyl (C=O) groups excluding carboxylic acids is 2. The molecule has 0 aromatic carbocycles. The van der Waals surface area contributed by atoms with Crippen molar-refractivity contribution in [3.05, 3.63) is 0 Å². The van der Waals surface area contributed by atoms with Crippen LogP contribution in [0, 0.1) is 23.7 Å². The Morgan fingerprint density at radius 2 is 1.91 bits per heavy atom. The lowest BCUT2D eigenvalue weighted by Crippen LogP contribution is -2.98. The minimum absolute atomic E-state index is 0.0258. The monoisotopic (exact) mass is 476 g/mol. The van der Waals surface area contributed by atoms with E-state index in [-0.39, 0.29) is 24.0 Å². The molecule has 3 aliphatic heterocycles. The largest absolute Gasteiger partial charge is 0.379 e. The van der Waals surface area contributed by atoms with Gasteiger partial charge in [0.1, 0.15) is 12.1 Å². The maximum Gasteiger partial charge on any atom is 0.248 e. The Kier molecular flexibility index (Phi) is 7.52. The molecule has 0 aromatic heterocycles. The van der Waals surface area contributed by atoms with Crippen molar-refractivity contribution in [3.63, 3.8) is 0 Å². The second kappa shape index (κ2) is 10.4. The van der Waals surface area contributed by atoms with Gasteiger partial charge in [0, 0.05) is 37.5 Å². The summed E-state index contributed by atoms with van der Waals surface area (Å²) in [5, 5.41) is 5.59. The zero-order valence-corrected chi connectivity index (χ0v) is 21.4. The van der Waals surface area contributed by atoms with Crippen LogP contribution in [0.1, 0.15) is 78.6 Å². The van der Waals surface area contributed by atoms with Gasteiger partial charge < -0.3 is 25.0 Å². The molecule has 2 saturated carbocycles. The number of nitrogens with zero attached hydrogens (tertiary/aromatic N) is 1. The Hall–Kier alpha value is -1.18. The number of carbonyl (C=O) groups is 2. The summed E-state index contributed by atoms with van der Waals surface area (Å²) < 4.78 is 11.9. The molecule has 0 radical (unpaired) electrons. The van der Waals surface area contributed by atoms with Crippen LogP contribution >= 0.6 is 0 Å². The van der Waals surface area contributed by atoms with Gasteiger partial charge in [0.15, 0.2) is 0 Å². The van der Waals surface area contributed by atoms with Crippen LogP contribution in [-0.2, 0) is 19.1 Å². The SMILES string of the molecule is CC(C)OCCCNC(=O)[C@@H](C)OC1CCC2C(C1)C1CC[NH2+]C3C4CCCCC4C(=O)N2C13. The number of nitrogens with one attached hydrogen (secondary N) is 1. The number of rotatable bonds is 8. The van der Waals surface area contributed by atoms with E-state index in [1.807, 2.05) is 20.8 Å². The van der Waals surface area contributed by atoms with E-state index in [1.54, 1.807) is 0 Å². The Balaban J connectivity index is 1.18. The number of amides is 2. The fourth-order valence-electron chi connectivity index (χ4n) is 8.19. The molecule has 7 nitrogen and oxygen atoms in total. The number of ether oxygens (including phenoxy) is 2. The van der Waals surface area contributed by atoms with Gasteiger partial charge in [-0.3, -0.25) is 9.59 Å². The van der Waals surface area contributed by atoms with Crippen LogP contribution in [-0.4, -0.2) is 72.8 Å². The molecule has 2 aliphatic carbocycles. The van der Waals surface area contributed by atoms with Crippen molar-refractivity contribution in [1.29, 1.82) is 0 Å². The van der Waals surface area contributed by atoms with Crippen LogP contribution in [0.5, 0.6) is 0 Å². The van der Waals surface area contributed by atoms with E-state index in [2.05, 4.69) is 15.5 Å². The van der Waals surface area contributed by atoms with Gasteiger partial charge in [-0.15, -0.1) is 0 Å². The maximum atomic E-state index is 13.7. The minimum atomic E-state index is -0.437. The number of hydrogen-bond acceptors (Lipinski definition) is 4. The number of piperidine rings is 2. The average Bonchev–Trinajstić information content (AvgIpc) is 3.17. The Bertz CT molecular complexity index is 745. The third kappa shape index (κ3) is 4.64. The quantitative estimate of drug-likeness (QED) is 0.524. The average molecular weight is 477 g/mol. The third-order valence-electron chi connectivity index (χ3n) is 9.54. The first-order valence-electron chi connectivity index (χ1n) is 14.2. The molecule has 3 saturated heterocycles. The highest BCUT2D eigenvalue weighted by Crippen LogP contribution is 2.52. The van der Waals surface area contributed by atoms with Crippen molar-refractivity contribution in [2.45, 2.75) is 115 Å². The zero-order chi connectivity index (χ0) is 23.8. The van der Waals surface area contributed by atoms with E-state index in [0.29, 0.717) is 54.9 Å². The van der Waals surface area contributed by atoms with Gasteiger partial charge in [-0.25, -0.2) is 0 Å². The van der Waals surface area contributed by atoms with Crippen LogP contribution in [0.2, 0.25) is 0 Å². The third-order valence-corrected chi connectivity index (χ3v) is 9.54. The summed E-state index contributed by atoms with van der Waals surface area (Å²) in [6.45, 7) is 8.41. The standard InChI is InChI=1S/C27H45N3O4/c1-16(2)33-14-6-12-29-26(31)17(3)34-18-9-10-23-22(15-18)20-11-13-28-24-19-7-4-5-8-21(19)27(32)30(23)25(20)24/h16-25,28H,4-15H2,1-3H3,(H,29,31)/p+1/t17-,18?,19?,20?,21?,22?,23?,24?,25?/m1/s1. The van der Waals surface area contributed by atoms with Crippen LogP contribution in [0.25, 0.3) is 0 Å². The van der Waals surface area contributed by atoms with Crippen LogP contribution in [0.15, 0.2) is 0 Å². The first-order chi connectivity index (χ1) is 16.5. The van der Waals surface area contributed by atoms with Crippen molar-refractivity contribution in [3.8, 4) is 0 Å². The first-order valence-corrected chi connectivity index (χ1v) is 14.2. The highest BCUT2D eigenvalue weighted by Gasteiger charge is 2.63. The smallest absolute Gasteiger partial charge is 0.248 e. The molecule has 7 heteroatoms. The fourth-order valence-corrected chi connectivity index (χ4v) is 8.19. The molecule has 8 unspecified atom stereocenters. The van der Waals surface area contributed by atoms with Crippen LogP contribution in [0.3, 0.4) is 0 Å². The van der Waals surface area contributed by atoms with Gasteiger partial charge in [-0.1, -0.05) is 12.8 Å². The normalized spacial score (nSPS) is 39.9. The van der Waals surface area contributed by atoms with E-state index in [9.17, 15) is 9.59 Å². The minimum Gasteiger partial charge on any atom is -0.379 e. The molecule has 0 spiro atoms. The number of quaternary nitrogens is 1. The summed E-state index contributed by atoms with van der Waals surface area (Å²) in [4.78, 5) is 28.6. The van der Waals surface area contributed by atoms with E-state index >= 15 is 0 Å². The molecule has 9 atom stereocenters. The first kappa shape index (κ1) is 24.5. The molecular formula is C27H46N3O4+. The van der Waals surface area contributed by atoms with Gasteiger partial charge in [-0.05, 0) is 71.1 Å². The lowest BCUT2D eigenvalue weighted by molar-refractivity contribution is -0.713. The van der Waals surface area contributed by atoms with E-state index < -0.39 is 6.10 Å². The number of fused-ring (bicyclic) bond motifs is 5. The van der Waals surface area contributed by atoms with Crippen LogP contribution < -0.4 is 10.6 Å². The lowest BCUT2D eigenvalue weighted by Gasteiger charge is -2.50. The number of hydrogen-bond donors (Lipinski definition) is 2. The molecular weight excluding hydrogens is 430 g/mol. The van der Waals surface area contributed by atoms with E-state index in [1.165, 1.54) is 32.2 Å².